The lowest BCUT2D eigenvalue weighted by molar-refractivity contribution is -0.134. The Hall–Kier alpha value is -2.02. The van der Waals surface area contributed by atoms with Gasteiger partial charge in [-0.05, 0) is 45.2 Å². The van der Waals surface area contributed by atoms with Gasteiger partial charge >= 0.3 is 6.03 Å². The molecule has 0 radical (unpaired) electrons. The van der Waals surface area contributed by atoms with Crippen LogP contribution in [0.4, 0.5) is 4.79 Å². The van der Waals surface area contributed by atoms with E-state index in [2.05, 4.69) is 5.32 Å². The average molecular weight is 365 g/mol. The Kier molecular flexibility index (Phi) is 7.97. The normalized spacial score (nSPS) is 17.7. The highest BCUT2D eigenvalue weighted by Gasteiger charge is 2.27. The fraction of sp³-hybridized carbons (Fsp3) is 0.684. The molecule has 7 nitrogen and oxygen atoms in total. The standard InChI is InChI=1S/C19H31N3O4/c1-4-15(3)22(19(24)20-5-2)14-18(23)21(12-16-8-6-10-25-16)13-17-9-7-11-26-17/h6,8,10,15,17H,4-5,7,9,11-14H2,1-3H3,(H,20,24)/t15-,17-/m1/s1. The highest BCUT2D eigenvalue weighted by Crippen LogP contribution is 2.16. The second kappa shape index (κ2) is 10.2. The Balaban J connectivity index is 2.07. The van der Waals surface area contributed by atoms with Gasteiger partial charge in [-0.15, -0.1) is 0 Å². The number of nitrogens with one attached hydrogen (secondary N) is 1. The van der Waals surface area contributed by atoms with Gasteiger partial charge in [-0.1, -0.05) is 6.92 Å². The molecule has 1 fully saturated rings. The maximum absolute atomic E-state index is 13.0. The molecule has 1 saturated heterocycles. The van der Waals surface area contributed by atoms with E-state index in [-0.39, 0.29) is 30.6 Å². The Morgan fingerprint density at radius 3 is 2.77 bits per heavy atom. The number of amides is 3. The Morgan fingerprint density at radius 1 is 1.38 bits per heavy atom. The molecule has 1 aliphatic heterocycles. The van der Waals surface area contributed by atoms with Gasteiger partial charge in [0.2, 0.25) is 5.91 Å². The minimum atomic E-state index is -0.203. The fourth-order valence-electron chi connectivity index (χ4n) is 3.03. The Bertz CT molecular complexity index is 555. The lowest BCUT2D eigenvalue weighted by Crippen LogP contribution is -2.51. The summed E-state index contributed by atoms with van der Waals surface area (Å²) in [5.74, 6) is 0.632. The van der Waals surface area contributed by atoms with Crippen LogP contribution in [0.3, 0.4) is 0 Å². The maximum atomic E-state index is 13.0. The van der Waals surface area contributed by atoms with E-state index < -0.39 is 0 Å². The van der Waals surface area contributed by atoms with E-state index in [0.29, 0.717) is 19.6 Å². The van der Waals surface area contributed by atoms with Crippen molar-refractivity contribution in [2.75, 3.05) is 26.2 Å². The summed E-state index contributed by atoms with van der Waals surface area (Å²) < 4.78 is 11.1. The van der Waals surface area contributed by atoms with Gasteiger partial charge in [-0.2, -0.15) is 0 Å². The molecule has 1 aromatic rings. The fourth-order valence-corrected chi connectivity index (χ4v) is 3.03. The zero-order valence-electron chi connectivity index (χ0n) is 16.1. The number of urea groups is 1. The first-order valence-electron chi connectivity index (χ1n) is 9.51. The number of nitrogens with zero attached hydrogens (tertiary/aromatic N) is 2. The number of carbonyl (C=O) groups excluding carboxylic acids is 2. The molecule has 2 atom stereocenters. The summed E-state index contributed by atoms with van der Waals surface area (Å²) in [6.45, 7) is 8.06. The van der Waals surface area contributed by atoms with Crippen LogP contribution < -0.4 is 5.32 Å². The van der Waals surface area contributed by atoms with Crippen molar-refractivity contribution in [1.29, 1.82) is 0 Å². The van der Waals surface area contributed by atoms with Gasteiger partial charge in [-0.3, -0.25) is 4.79 Å². The van der Waals surface area contributed by atoms with E-state index in [9.17, 15) is 9.59 Å². The van der Waals surface area contributed by atoms with Crippen LogP contribution in [0.5, 0.6) is 0 Å². The van der Waals surface area contributed by atoms with Crippen LogP contribution >= 0.6 is 0 Å². The van der Waals surface area contributed by atoms with Gasteiger partial charge in [0.25, 0.3) is 0 Å². The largest absolute Gasteiger partial charge is 0.467 e. The number of rotatable bonds is 9. The van der Waals surface area contributed by atoms with Gasteiger partial charge in [0.05, 0.1) is 18.9 Å². The zero-order valence-corrected chi connectivity index (χ0v) is 16.1. The van der Waals surface area contributed by atoms with Crippen molar-refractivity contribution in [3.63, 3.8) is 0 Å². The summed E-state index contributed by atoms with van der Waals surface area (Å²) >= 11 is 0. The van der Waals surface area contributed by atoms with Crippen molar-refractivity contribution in [2.24, 2.45) is 0 Å². The molecule has 1 N–H and O–H groups in total. The molecule has 0 aliphatic carbocycles. The first kappa shape index (κ1) is 20.3. The van der Waals surface area contributed by atoms with E-state index in [1.165, 1.54) is 0 Å². The third-order valence-electron chi connectivity index (χ3n) is 4.74. The predicted octanol–water partition coefficient (Wildman–Crippen LogP) is 2.62. The molecule has 0 bridgehead atoms. The summed E-state index contributed by atoms with van der Waals surface area (Å²) in [4.78, 5) is 28.7. The van der Waals surface area contributed by atoms with Gasteiger partial charge in [0.1, 0.15) is 12.3 Å². The lowest BCUT2D eigenvalue weighted by atomic mass is 10.2. The van der Waals surface area contributed by atoms with Crippen molar-refractivity contribution >= 4 is 11.9 Å². The Labute approximate surface area is 155 Å². The van der Waals surface area contributed by atoms with E-state index in [0.717, 1.165) is 31.6 Å². The van der Waals surface area contributed by atoms with Gasteiger partial charge in [0.15, 0.2) is 0 Å². The molecule has 0 unspecified atom stereocenters. The molecule has 7 heteroatoms. The molecule has 1 aromatic heterocycles. The summed E-state index contributed by atoms with van der Waals surface area (Å²) in [5.41, 5.74) is 0. The van der Waals surface area contributed by atoms with Gasteiger partial charge in [-0.25, -0.2) is 4.79 Å². The third-order valence-corrected chi connectivity index (χ3v) is 4.74. The molecular formula is C19H31N3O4. The quantitative estimate of drug-likeness (QED) is 0.730. The van der Waals surface area contributed by atoms with Crippen LogP contribution in [0.25, 0.3) is 0 Å². The van der Waals surface area contributed by atoms with Crippen molar-refractivity contribution < 1.29 is 18.7 Å². The molecule has 146 valence electrons. The summed E-state index contributed by atoms with van der Waals surface area (Å²) in [6.07, 6.45) is 4.41. The van der Waals surface area contributed by atoms with Crippen LogP contribution in [-0.4, -0.2) is 60.1 Å². The average Bonchev–Trinajstić information content (AvgIpc) is 3.32. The number of carbonyl (C=O) groups is 2. The number of hydrogen-bond donors (Lipinski definition) is 1. The molecule has 2 heterocycles. The smallest absolute Gasteiger partial charge is 0.318 e. The van der Waals surface area contributed by atoms with Crippen molar-refractivity contribution in [2.45, 2.75) is 58.7 Å². The molecule has 0 aromatic carbocycles. The maximum Gasteiger partial charge on any atom is 0.318 e. The second-order valence-corrected chi connectivity index (χ2v) is 6.71. The van der Waals surface area contributed by atoms with Crippen LogP contribution in [0.2, 0.25) is 0 Å². The van der Waals surface area contributed by atoms with Crippen LogP contribution in [-0.2, 0) is 16.1 Å². The third kappa shape index (κ3) is 5.76. The molecular weight excluding hydrogens is 334 g/mol. The van der Waals surface area contributed by atoms with Crippen LogP contribution in [0.15, 0.2) is 22.8 Å². The zero-order chi connectivity index (χ0) is 18.9. The van der Waals surface area contributed by atoms with E-state index in [1.54, 1.807) is 16.1 Å². The van der Waals surface area contributed by atoms with Crippen molar-refractivity contribution in [3.8, 4) is 0 Å². The summed E-state index contributed by atoms with van der Waals surface area (Å²) in [6, 6.07) is 3.44. The van der Waals surface area contributed by atoms with Gasteiger partial charge < -0.3 is 24.3 Å². The van der Waals surface area contributed by atoms with Crippen molar-refractivity contribution in [3.05, 3.63) is 24.2 Å². The summed E-state index contributed by atoms with van der Waals surface area (Å²) in [7, 11) is 0. The van der Waals surface area contributed by atoms with Crippen LogP contribution in [0.1, 0.15) is 45.8 Å². The minimum Gasteiger partial charge on any atom is -0.467 e. The first-order chi connectivity index (χ1) is 12.5. The molecule has 0 saturated carbocycles. The van der Waals surface area contributed by atoms with E-state index >= 15 is 0 Å². The SMILES string of the molecule is CCNC(=O)N(CC(=O)N(Cc1ccco1)C[C@H]1CCCO1)[C@H](C)CC. The second-order valence-electron chi connectivity index (χ2n) is 6.71. The highest BCUT2D eigenvalue weighted by atomic mass is 16.5. The molecule has 1 aliphatic rings. The van der Waals surface area contributed by atoms with Gasteiger partial charge in [0, 0.05) is 25.7 Å². The molecule has 2 rings (SSSR count). The van der Waals surface area contributed by atoms with E-state index in [1.807, 2.05) is 32.9 Å². The number of ether oxygens (including phenoxy) is 1. The number of hydrogen-bond acceptors (Lipinski definition) is 4. The highest BCUT2D eigenvalue weighted by molar-refractivity contribution is 5.84. The minimum absolute atomic E-state index is 0.0151. The predicted molar refractivity (Wildman–Crippen MR) is 98.6 cm³/mol. The number of furan rings is 1. The van der Waals surface area contributed by atoms with Crippen LogP contribution in [0, 0.1) is 0 Å². The topological polar surface area (TPSA) is 75.0 Å². The molecule has 3 amide bonds. The Morgan fingerprint density at radius 2 is 2.19 bits per heavy atom. The van der Waals surface area contributed by atoms with Crippen molar-refractivity contribution in [1.82, 2.24) is 15.1 Å². The first-order valence-corrected chi connectivity index (χ1v) is 9.51. The van der Waals surface area contributed by atoms with E-state index in [4.69, 9.17) is 9.15 Å². The molecule has 26 heavy (non-hydrogen) atoms. The summed E-state index contributed by atoms with van der Waals surface area (Å²) in [5, 5.41) is 2.80. The molecule has 0 spiro atoms. The lowest BCUT2D eigenvalue weighted by Gasteiger charge is -2.31. The monoisotopic (exact) mass is 365 g/mol.